The van der Waals surface area contributed by atoms with Crippen LogP contribution in [0.25, 0.3) is 10.9 Å². The number of nitrogens with one attached hydrogen (secondary N) is 4. The van der Waals surface area contributed by atoms with E-state index in [4.69, 9.17) is 40.0 Å². The molecule has 438 valence electrons. The van der Waals surface area contributed by atoms with Crippen LogP contribution in [0.15, 0.2) is 66.3 Å². The number of aliphatic carboxylic acids is 1. The average molecular weight is 1140 g/mol. The van der Waals surface area contributed by atoms with Crippen LogP contribution in [0.4, 0.5) is 10.5 Å². The van der Waals surface area contributed by atoms with Gasteiger partial charge >= 0.3 is 18.0 Å². The second kappa shape index (κ2) is 27.7. The summed E-state index contributed by atoms with van der Waals surface area (Å²) in [5.74, 6) is -4.29. The Morgan fingerprint density at radius 1 is 1.05 bits per heavy atom. The number of aryl methyl sites for hydroxylation is 1. The number of hydrazine groups is 1. The Morgan fingerprint density at radius 3 is 2.49 bits per heavy atom. The number of alkyl carbamates (subject to hydrolysis) is 1. The van der Waals surface area contributed by atoms with E-state index in [1.807, 2.05) is 60.9 Å². The number of carboxylic acid groups (broad SMARTS) is 1. The van der Waals surface area contributed by atoms with Gasteiger partial charge in [0.15, 0.2) is 5.72 Å². The van der Waals surface area contributed by atoms with E-state index in [0.29, 0.717) is 30.9 Å². The van der Waals surface area contributed by atoms with Crippen molar-refractivity contribution >= 4 is 69.9 Å². The predicted octanol–water partition coefficient (Wildman–Crippen LogP) is 4.00. The van der Waals surface area contributed by atoms with Crippen molar-refractivity contribution in [3.63, 3.8) is 0 Å². The Morgan fingerprint density at radius 2 is 1.79 bits per heavy atom. The van der Waals surface area contributed by atoms with Crippen molar-refractivity contribution in [3.05, 3.63) is 82.5 Å². The van der Waals surface area contributed by atoms with Crippen LogP contribution >= 0.6 is 11.6 Å². The van der Waals surface area contributed by atoms with Crippen LogP contribution in [0, 0.1) is 5.92 Å². The number of esters is 1. The number of fused-ring (bicyclic) bond motifs is 6. The minimum Gasteiger partial charge on any atom is -0.495 e. The van der Waals surface area contributed by atoms with Crippen LogP contribution in [-0.2, 0) is 72.0 Å². The highest BCUT2D eigenvalue weighted by Gasteiger charge is 2.64. The number of allylic oxidation sites excluding steroid dienone is 3. The number of methoxy groups -OCH3 is 2. The van der Waals surface area contributed by atoms with Crippen molar-refractivity contribution in [2.24, 2.45) is 5.92 Å². The SMILES string of the molecule is CNN(C)Cc1cc2ccccc2n1CCC(=O)N[C@@H](CCC(=O)O)C(=O)NCCOCCC(=O)N(C)[C@@H](C)C(=O)O[C@H]1CC(=O)N(C)c2cc(cc(OC)c2Cl)C/C(C)=C/C=C/[C@@H](OC)[C@@]2(O)C[C@H](OC(=O)N2)[C@@H](C)C2O[C@]21C. The lowest BCUT2D eigenvalue weighted by molar-refractivity contribution is -0.162. The second-order valence-electron chi connectivity index (χ2n) is 20.8. The molecular weight excluding hydrogens is 1060 g/mol. The molecular formula is C56H77ClN8O15. The summed E-state index contributed by atoms with van der Waals surface area (Å²) in [6, 6.07) is 11.1. The van der Waals surface area contributed by atoms with Gasteiger partial charge < -0.3 is 63.6 Å². The third-order valence-electron chi connectivity index (χ3n) is 15.1. The molecule has 0 aliphatic carbocycles. The van der Waals surface area contributed by atoms with E-state index in [-0.39, 0.29) is 56.9 Å². The Labute approximate surface area is 471 Å². The molecule has 2 fully saturated rings. The smallest absolute Gasteiger partial charge is 0.409 e. The number of aromatic nitrogens is 1. The number of hydrogen-bond acceptors (Lipinski definition) is 16. The van der Waals surface area contributed by atoms with Crippen molar-refractivity contribution in [2.75, 3.05) is 67.1 Å². The quantitative estimate of drug-likeness (QED) is 0.0359. The van der Waals surface area contributed by atoms with Crippen molar-refractivity contribution < 1.29 is 72.2 Å². The minimum atomic E-state index is -1.89. The van der Waals surface area contributed by atoms with Gasteiger partial charge in [-0.2, -0.15) is 0 Å². The third-order valence-corrected chi connectivity index (χ3v) is 15.4. The van der Waals surface area contributed by atoms with E-state index in [1.165, 1.54) is 45.0 Å². The number of hydrogen-bond donors (Lipinski definition) is 6. The van der Waals surface area contributed by atoms with Gasteiger partial charge in [0.25, 0.3) is 0 Å². The van der Waals surface area contributed by atoms with Crippen LogP contribution in [0.5, 0.6) is 5.75 Å². The summed E-state index contributed by atoms with van der Waals surface area (Å²) in [5, 5.41) is 32.2. The third kappa shape index (κ3) is 15.6. The van der Waals surface area contributed by atoms with Crippen molar-refractivity contribution in [1.29, 1.82) is 0 Å². The highest BCUT2D eigenvalue weighted by Crippen LogP contribution is 2.49. The molecule has 3 aromatic rings. The Hall–Kier alpha value is -6.60. The molecule has 1 aromatic heterocycles. The predicted molar refractivity (Wildman–Crippen MR) is 295 cm³/mol. The lowest BCUT2D eigenvalue weighted by Crippen LogP contribution is -2.63. The lowest BCUT2D eigenvalue weighted by Gasteiger charge is -2.42. The summed E-state index contributed by atoms with van der Waals surface area (Å²) in [7, 11) is 9.53. The number of amides is 5. The van der Waals surface area contributed by atoms with Crippen molar-refractivity contribution in [2.45, 2.75) is 134 Å². The standard InChI is InChI=1S/C56H77ClN8O15/c1-33-14-13-17-44(76-10)56(74)31-43(78-54(73)61-56)34(2)51-55(4,80-51)45(30-48(68)64(8)41-27-36(26-33)28-42(75-9)50(41)57)79-53(72)35(3)63(7)47(67)21-24-77-25-22-59-52(71)39(18-19-49(69)70)60-46(66)20-23-65-38(32-62(6)58-5)29-37-15-11-12-16-40(37)65/h11-17,27-29,34-35,39,43-45,51,58,74H,18-26,30-32H2,1-10H3,(H,59,71)(H,60,66)(H,61,73)(H,69,70)/b17-13+,33-14+/t34-,35+,39+,43+,44-,45+,51?,55+,56+/m1/s1. The molecule has 6 rings (SSSR count). The summed E-state index contributed by atoms with van der Waals surface area (Å²) in [6.07, 6.45) is -0.387. The fraction of sp³-hybridized carbons (Fsp3) is 0.554. The number of carboxylic acids is 1. The Bertz CT molecular complexity index is 2810. The number of carbonyl (C=O) groups excluding carboxylic acids is 6. The molecule has 9 atom stereocenters. The van der Waals surface area contributed by atoms with Crippen LogP contribution in [0.1, 0.15) is 77.5 Å². The number of anilines is 1. The number of carbonyl (C=O) groups is 7. The number of benzene rings is 2. The molecule has 3 aliphatic heterocycles. The lowest BCUT2D eigenvalue weighted by atomic mass is 9.83. The molecule has 4 bridgehead atoms. The van der Waals surface area contributed by atoms with Gasteiger partial charge in [-0.3, -0.25) is 34.7 Å². The van der Waals surface area contributed by atoms with Crippen LogP contribution in [0.2, 0.25) is 5.02 Å². The first-order valence-electron chi connectivity index (χ1n) is 26.6. The zero-order valence-electron chi connectivity index (χ0n) is 47.2. The summed E-state index contributed by atoms with van der Waals surface area (Å²) in [5.41, 5.74) is 3.76. The van der Waals surface area contributed by atoms with Crippen LogP contribution in [0.3, 0.4) is 0 Å². The number of para-hydroxylation sites is 1. The van der Waals surface area contributed by atoms with Crippen LogP contribution < -0.4 is 31.0 Å². The first kappa shape index (κ1) is 62.6. The highest BCUT2D eigenvalue weighted by atomic mass is 35.5. The van der Waals surface area contributed by atoms with E-state index in [1.54, 1.807) is 38.1 Å². The Balaban J connectivity index is 1.07. The maximum atomic E-state index is 14.4. The average Bonchev–Trinajstić information content (AvgIpc) is 4.24. The first-order valence-corrected chi connectivity index (χ1v) is 27.0. The summed E-state index contributed by atoms with van der Waals surface area (Å²) in [4.78, 5) is 95.6. The number of aliphatic hydroxyl groups is 1. The molecule has 6 N–H and O–H groups in total. The maximum Gasteiger partial charge on any atom is 0.409 e. The molecule has 0 saturated carbocycles. The molecule has 1 unspecified atom stereocenters. The molecule has 3 aliphatic rings. The normalized spacial score (nSPS) is 25.0. The van der Waals surface area contributed by atoms with Crippen molar-refractivity contribution in [3.8, 4) is 5.75 Å². The Kier molecular flexibility index (Phi) is 21.7. The molecule has 0 radical (unpaired) electrons. The minimum absolute atomic E-state index is 0.0212. The van der Waals surface area contributed by atoms with E-state index in [0.717, 1.165) is 27.7 Å². The van der Waals surface area contributed by atoms with E-state index in [2.05, 4.69) is 27.4 Å². The first-order chi connectivity index (χ1) is 37.9. The topological polar surface area (TPSA) is 281 Å². The van der Waals surface area contributed by atoms with Crippen LogP contribution in [-0.4, -0.2) is 176 Å². The molecule has 80 heavy (non-hydrogen) atoms. The van der Waals surface area contributed by atoms with Gasteiger partial charge in [0, 0.05) is 77.7 Å². The molecule has 4 heterocycles. The fourth-order valence-corrected chi connectivity index (χ4v) is 10.3. The van der Waals surface area contributed by atoms with Gasteiger partial charge in [-0.05, 0) is 75.9 Å². The van der Waals surface area contributed by atoms with E-state index in [9.17, 15) is 43.8 Å². The molecule has 23 nitrogen and oxygen atoms in total. The number of nitrogens with zero attached hydrogens (tertiary/aromatic N) is 4. The van der Waals surface area contributed by atoms with Gasteiger partial charge in [-0.1, -0.05) is 60.5 Å². The van der Waals surface area contributed by atoms with Gasteiger partial charge in [0.05, 0.1) is 51.5 Å². The zero-order chi connectivity index (χ0) is 58.6. The van der Waals surface area contributed by atoms with Gasteiger partial charge in [-0.15, -0.1) is 0 Å². The fourth-order valence-electron chi connectivity index (χ4n) is 10.0. The number of epoxide rings is 1. The van der Waals surface area contributed by atoms with E-state index < -0.39 is 102 Å². The number of rotatable bonds is 22. The molecule has 5 amide bonds. The molecule has 2 aromatic carbocycles. The largest absolute Gasteiger partial charge is 0.495 e. The van der Waals surface area contributed by atoms with E-state index >= 15 is 0 Å². The monoisotopic (exact) mass is 1140 g/mol. The maximum absolute atomic E-state index is 14.4. The second-order valence-corrected chi connectivity index (χ2v) is 21.2. The molecule has 24 heteroatoms. The highest BCUT2D eigenvalue weighted by molar-refractivity contribution is 6.35. The van der Waals surface area contributed by atoms with Crippen molar-refractivity contribution in [1.82, 2.24) is 35.9 Å². The molecule has 0 spiro atoms. The van der Waals surface area contributed by atoms with Gasteiger partial charge in [-0.25, -0.2) is 14.6 Å². The zero-order valence-corrected chi connectivity index (χ0v) is 47.9. The van der Waals surface area contributed by atoms with Gasteiger partial charge in [0.2, 0.25) is 23.6 Å². The summed E-state index contributed by atoms with van der Waals surface area (Å²) in [6.45, 7) is 7.52. The number of likely N-dealkylation sites (N-methyl/N-ethyl adjacent to an activating group) is 1. The molecule has 2 saturated heterocycles. The summed E-state index contributed by atoms with van der Waals surface area (Å²) < 4.78 is 37.1. The van der Waals surface area contributed by atoms with Gasteiger partial charge in [0.1, 0.15) is 46.8 Å². The summed E-state index contributed by atoms with van der Waals surface area (Å²) >= 11 is 6.82. The number of ether oxygens (including phenoxy) is 6. The number of halogens is 1.